The molecular weight excluding hydrogens is 419 g/mol. The van der Waals surface area contributed by atoms with Gasteiger partial charge in [0.2, 0.25) is 0 Å². The van der Waals surface area contributed by atoms with Crippen molar-refractivity contribution in [2.45, 2.75) is 44.3 Å². The SMILES string of the molecule is C[C@@H](NC(=O)c1cnn2ccc(C3=CCNc4nc(C5CCC5)ccc43)cc12)C(F)(F)F. The monoisotopic (exact) mass is 441 g/mol. The fourth-order valence-electron chi connectivity index (χ4n) is 4.07. The van der Waals surface area contributed by atoms with Gasteiger partial charge in [0.1, 0.15) is 11.9 Å². The number of fused-ring (bicyclic) bond motifs is 2. The van der Waals surface area contributed by atoms with E-state index in [2.05, 4.69) is 22.5 Å². The Morgan fingerprint density at radius 1 is 1.28 bits per heavy atom. The van der Waals surface area contributed by atoms with E-state index in [0.717, 1.165) is 35.1 Å². The molecule has 3 aromatic rings. The maximum Gasteiger partial charge on any atom is 0.408 e. The van der Waals surface area contributed by atoms with Gasteiger partial charge in [-0.25, -0.2) is 9.50 Å². The van der Waals surface area contributed by atoms with E-state index in [1.165, 1.54) is 30.0 Å². The predicted molar refractivity (Wildman–Crippen MR) is 115 cm³/mol. The van der Waals surface area contributed by atoms with Crippen molar-refractivity contribution in [3.05, 3.63) is 65.1 Å². The fraction of sp³-hybridized carbons (Fsp3) is 0.348. The normalized spacial score (nSPS) is 17.2. The van der Waals surface area contributed by atoms with Crippen LogP contribution in [0.15, 0.2) is 42.7 Å². The smallest absolute Gasteiger partial charge is 0.366 e. The van der Waals surface area contributed by atoms with Crippen LogP contribution in [0.1, 0.15) is 59.3 Å². The van der Waals surface area contributed by atoms with Crippen LogP contribution < -0.4 is 10.6 Å². The molecule has 1 atom stereocenters. The number of nitrogens with zero attached hydrogens (tertiary/aromatic N) is 3. The highest BCUT2D eigenvalue weighted by atomic mass is 19.4. The summed E-state index contributed by atoms with van der Waals surface area (Å²) < 4.78 is 40.1. The lowest BCUT2D eigenvalue weighted by Crippen LogP contribution is -2.43. The Kier molecular flexibility index (Phi) is 4.91. The average Bonchev–Trinajstić information content (AvgIpc) is 3.14. The number of rotatable bonds is 4. The highest BCUT2D eigenvalue weighted by Gasteiger charge is 2.37. The molecule has 1 amide bonds. The van der Waals surface area contributed by atoms with E-state index in [1.807, 2.05) is 17.5 Å². The number of alkyl halides is 3. The molecule has 1 aliphatic heterocycles. The van der Waals surface area contributed by atoms with Crippen LogP contribution in [0, 0.1) is 0 Å². The third-order valence-electron chi connectivity index (χ3n) is 6.22. The van der Waals surface area contributed by atoms with Crippen LogP contribution in [0.5, 0.6) is 0 Å². The number of hydrogen-bond donors (Lipinski definition) is 2. The maximum absolute atomic E-state index is 12.9. The maximum atomic E-state index is 12.9. The van der Waals surface area contributed by atoms with Gasteiger partial charge < -0.3 is 10.6 Å². The molecule has 1 saturated carbocycles. The summed E-state index contributed by atoms with van der Waals surface area (Å²) in [5, 5.41) is 9.45. The molecular formula is C23H22F3N5O. The second-order valence-corrected chi connectivity index (χ2v) is 8.30. The number of halogens is 3. The van der Waals surface area contributed by atoms with Crippen LogP contribution in [-0.2, 0) is 0 Å². The minimum atomic E-state index is -4.52. The van der Waals surface area contributed by atoms with Gasteiger partial charge in [0.05, 0.1) is 17.3 Å². The highest BCUT2D eigenvalue weighted by molar-refractivity contribution is 6.01. The molecule has 0 bridgehead atoms. The fourth-order valence-corrected chi connectivity index (χ4v) is 4.07. The third-order valence-corrected chi connectivity index (χ3v) is 6.22. The van der Waals surface area contributed by atoms with Crippen LogP contribution in [0.4, 0.5) is 19.0 Å². The molecule has 4 heterocycles. The predicted octanol–water partition coefficient (Wildman–Crippen LogP) is 4.53. The highest BCUT2D eigenvalue weighted by Crippen LogP contribution is 2.38. The third kappa shape index (κ3) is 3.61. The molecule has 0 aromatic carbocycles. The van der Waals surface area contributed by atoms with Gasteiger partial charge in [0.25, 0.3) is 5.91 Å². The first-order valence-corrected chi connectivity index (χ1v) is 10.6. The molecule has 166 valence electrons. The first kappa shape index (κ1) is 20.5. The van der Waals surface area contributed by atoms with E-state index in [9.17, 15) is 18.0 Å². The molecule has 32 heavy (non-hydrogen) atoms. The largest absolute Gasteiger partial charge is 0.408 e. The van der Waals surface area contributed by atoms with Gasteiger partial charge >= 0.3 is 6.18 Å². The molecule has 1 aliphatic carbocycles. The van der Waals surface area contributed by atoms with Crippen molar-refractivity contribution in [3.63, 3.8) is 0 Å². The van der Waals surface area contributed by atoms with Crippen molar-refractivity contribution in [2.75, 3.05) is 11.9 Å². The van der Waals surface area contributed by atoms with Crippen LogP contribution >= 0.6 is 0 Å². The number of amides is 1. The molecule has 2 N–H and O–H groups in total. The molecule has 2 aliphatic rings. The van der Waals surface area contributed by atoms with E-state index in [1.54, 1.807) is 12.3 Å². The zero-order valence-electron chi connectivity index (χ0n) is 17.4. The first-order valence-electron chi connectivity index (χ1n) is 10.6. The summed E-state index contributed by atoms with van der Waals surface area (Å²) in [6.45, 7) is 1.53. The van der Waals surface area contributed by atoms with Crippen molar-refractivity contribution in [1.29, 1.82) is 0 Å². The molecule has 1 fully saturated rings. The summed E-state index contributed by atoms with van der Waals surface area (Å²) in [5.74, 6) is 0.547. The number of nitrogens with one attached hydrogen (secondary N) is 2. The van der Waals surface area contributed by atoms with Crippen molar-refractivity contribution < 1.29 is 18.0 Å². The number of pyridine rings is 2. The van der Waals surface area contributed by atoms with Crippen molar-refractivity contribution in [3.8, 4) is 0 Å². The number of aromatic nitrogens is 3. The first-order chi connectivity index (χ1) is 15.3. The van der Waals surface area contributed by atoms with E-state index >= 15 is 0 Å². The van der Waals surface area contributed by atoms with Crippen LogP contribution in [0.25, 0.3) is 11.1 Å². The second kappa shape index (κ2) is 7.65. The molecule has 9 heteroatoms. The van der Waals surface area contributed by atoms with Crippen molar-refractivity contribution in [2.24, 2.45) is 0 Å². The molecule has 0 saturated heterocycles. The Hall–Kier alpha value is -3.36. The Bertz CT molecular complexity index is 1230. The summed E-state index contributed by atoms with van der Waals surface area (Å²) >= 11 is 0. The standard InChI is InChI=1S/C23H22F3N5O/c1-13(23(24,25)26)29-22(32)18-12-28-31-10-8-15(11-20(18)31)16-7-9-27-21-17(16)5-6-19(30-21)14-3-2-4-14/h5-8,10-14H,2-4,9H2,1H3,(H,27,30)(H,29,32)/t13-/m1/s1. The van der Waals surface area contributed by atoms with Crippen LogP contribution in [-0.4, -0.2) is 39.3 Å². The zero-order chi connectivity index (χ0) is 22.5. The minimum Gasteiger partial charge on any atom is -0.366 e. The van der Waals surface area contributed by atoms with Gasteiger partial charge in [-0.2, -0.15) is 18.3 Å². The Labute approximate surface area is 182 Å². The summed E-state index contributed by atoms with van der Waals surface area (Å²) in [4.78, 5) is 17.3. The Balaban J connectivity index is 1.47. The van der Waals surface area contributed by atoms with Crippen molar-refractivity contribution in [1.82, 2.24) is 19.9 Å². The molecule has 0 radical (unpaired) electrons. The van der Waals surface area contributed by atoms with E-state index in [0.29, 0.717) is 18.0 Å². The van der Waals surface area contributed by atoms with E-state index in [4.69, 9.17) is 4.98 Å². The number of carbonyl (C=O) groups excluding carboxylic acids is 1. The van der Waals surface area contributed by atoms with Crippen LogP contribution in [0.2, 0.25) is 0 Å². The Morgan fingerprint density at radius 3 is 2.81 bits per heavy atom. The Morgan fingerprint density at radius 2 is 2.09 bits per heavy atom. The minimum absolute atomic E-state index is 0.0937. The lowest BCUT2D eigenvalue weighted by molar-refractivity contribution is -0.149. The lowest BCUT2D eigenvalue weighted by atomic mass is 9.82. The summed E-state index contributed by atoms with van der Waals surface area (Å²) in [7, 11) is 0. The van der Waals surface area contributed by atoms with Gasteiger partial charge in [0.15, 0.2) is 0 Å². The number of anilines is 1. The molecule has 3 aromatic heterocycles. The number of hydrogen-bond acceptors (Lipinski definition) is 4. The van der Waals surface area contributed by atoms with E-state index in [-0.39, 0.29) is 5.56 Å². The molecule has 0 unspecified atom stereocenters. The molecule has 5 rings (SSSR count). The van der Waals surface area contributed by atoms with Gasteiger partial charge in [-0.1, -0.05) is 12.5 Å². The van der Waals surface area contributed by atoms with Crippen LogP contribution in [0.3, 0.4) is 0 Å². The zero-order valence-corrected chi connectivity index (χ0v) is 17.4. The summed E-state index contributed by atoms with van der Waals surface area (Å²) in [6.07, 6.45) is 4.10. The van der Waals surface area contributed by atoms with Gasteiger partial charge in [-0.15, -0.1) is 0 Å². The average molecular weight is 441 g/mol. The number of carbonyl (C=O) groups is 1. The van der Waals surface area contributed by atoms with Gasteiger partial charge in [-0.05, 0) is 55.2 Å². The topological polar surface area (TPSA) is 71.3 Å². The summed E-state index contributed by atoms with van der Waals surface area (Å²) in [6, 6.07) is 5.83. The lowest BCUT2D eigenvalue weighted by Gasteiger charge is -2.27. The van der Waals surface area contributed by atoms with Gasteiger partial charge in [-0.3, -0.25) is 4.79 Å². The second-order valence-electron chi connectivity index (χ2n) is 8.30. The molecule has 0 spiro atoms. The van der Waals surface area contributed by atoms with E-state index < -0.39 is 18.1 Å². The molecule has 6 nitrogen and oxygen atoms in total. The van der Waals surface area contributed by atoms with Crippen molar-refractivity contribution >= 4 is 22.8 Å². The van der Waals surface area contributed by atoms with Gasteiger partial charge in [0, 0.05) is 29.9 Å². The quantitative estimate of drug-likeness (QED) is 0.624. The summed E-state index contributed by atoms with van der Waals surface area (Å²) in [5.41, 5.74) is 4.40.